The van der Waals surface area contributed by atoms with Crippen LogP contribution in [0, 0.1) is 5.92 Å². The number of aliphatic hydroxyl groups excluding tert-OH is 2. The predicted octanol–water partition coefficient (Wildman–Crippen LogP) is 3.49. The molecule has 41 heavy (non-hydrogen) atoms. The van der Waals surface area contributed by atoms with E-state index in [4.69, 9.17) is 35.3 Å². The summed E-state index contributed by atoms with van der Waals surface area (Å²) in [5.74, 6) is -2.77. The molecule has 2 aromatic carbocycles. The fraction of sp³-hybridized carbons (Fsp3) is 0.414. The number of ether oxygens (including phenoxy) is 5. The van der Waals surface area contributed by atoms with Gasteiger partial charge in [-0.1, -0.05) is 24.6 Å². The Hall–Kier alpha value is -3.96. The van der Waals surface area contributed by atoms with Gasteiger partial charge in [0.25, 0.3) is 0 Å². The highest BCUT2D eigenvalue weighted by atomic mass is 35.5. The van der Waals surface area contributed by atoms with E-state index in [1.807, 2.05) is 0 Å². The van der Waals surface area contributed by atoms with Crippen LogP contribution < -0.4 is 29.0 Å². The Bertz CT molecular complexity index is 1470. The first-order valence-electron chi connectivity index (χ1n) is 13.0. The zero-order chi connectivity index (χ0) is 29.6. The average molecular weight is 588 g/mol. The summed E-state index contributed by atoms with van der Waals surface area (Å²) in [6.07, 6.45) is -1.23. The highest BCUT2D eigenvalue weighted by Gasteiger charge is 2.61. The van der Waals surface area contributed by atoms with Gasteiger partial charge in [-0.25, -0.2) is 0 Å². The number of aliphatic hydroxyl groups is 2. The summed E-state index contributed by atoms with van der Waals surface area (Å²) in [5.41, 5.74) is -1.65. The molecule has 1 aliphatic carbocycles. The monoisotopic (exact) mass is 587 g/mol. The van der Waals surface area contributed by atoms with Gasteiger partial charge in [0, 0.05) is 42.9 Å². The molecule has 218 valence electrons. The average Bonchev–Trinajstić information content (AvgIpc) is 3.54. The first-order valence-corrected chi connectivity index (χ1v) is 13.4. The van der Waals surface area contributed by atoms with Gasteiger partial charge in [-0.05, 0) is 24.6 Å². The third-order valence-electron chi connectivity index (χ3n) is 7.64. The summed E-state index contributed by atoms with van der Waals surface area (Å²) in [7, 11) is 2.77. The minimum Gasteiger partial charge on any atom is -0.507 e. The van der Waals surface area contributed by atoms with E-state index in [-0.39, 0.29) is 59.6 Å². The minimum atomic E-state index is -2.00. The van der Waals surface area contributed by atoms with E-state index in [1.165, 1.54) is 27.2 Å². The number of methoxy groups -OCH3 is 2. The van der Waals surface area contributed by atoms with Crippen LogP contribution >= 0.6 is 11.6 Å². The summed E-state index contributed by atoms with van der Waals surface area (Å²) in [4.78, 5) is 40.8. The second-order valence-corrected chi connectivity index (χ2v) is 10.7. The van der Waals surface area contributed by atoms with Crippen LogP contribution in [0.25, 0.3) is 0 Å². The van der Waals surface area contributed by atoms with E-state index in [2.05, 4.69) is 5.32 Å². The number of fused-ring (bicyclic) bond motifs is 2. The van der Waals surface area contributed by atoms with Crippen molar-refractivity contribution in [2.45, 2.75) is 44.3 Å². The third-order valence-corrected chi connectivity index (χ3v) is 8.00. The van der Waals surface area contributed by atoms with E-state index in [1.54, 1.807) is 25.1 Å². The summed E-state index contributed by atoms with van der Waals surface area (Å²) in [6, 6.07) is 6.38. The molecule has 2 aromatic rings. The molecule has 2 heterocycles. The summed E-state index contributed by atoms with van der Waals surface area (Å²) in [5, 5.41) is 24.2. The molecule has 0 fully saturated rings. The lowest BCUT2D eigenvalue weighted by Gasteiger charge is -2.38. The van der Waals surface area contributed by atoms with Gasteiger partial charge in [0.1, 0.15) is 22.1 Å². The molecule has 2 aliphatic heterocycles. The fourth-order valence-corrected chi connectivity index (χ4v) is 5.84. The number of rotatable bonds is 8. The molecule has 3 N–H and O–H groups in total. The molecular formula is C29H30ClNO10. The second kappa shape index (κ2) is 10.8. The van der Waals surface area contributed by atoms with Gasteiger partial charge in [-0.15, -0.1) is 0 Å². The molecule has 0 radical (unpaired) electrons. The third kappa shape index (κ3) is 4.62. The smallest absolute Gasteiger partial charge is 0.231 e. The molecular weight excluding hydrogens is 558 g/mol. The van der Waals surface area contributed by atoms with Gasteiger partial charge in [-0.2, -0.15) is 0 Å². The fourth-order valence-electron chi connectivity index (χ4n) is 5.57. The van der Waals surface area contributed by atoms with Crippen molar-refractivity contribution in [2.24, 2.45) is 5.92 Å². The maximum atomic E-state index is 14.1. The van der Waals surface area contributed by atoms with Crippen molar-refractivity contribution in [3.63, 3.8) is 0 Å². The Balaban J connectivity index is 1.66. The van der Waals surface area contributed by atoms with Crippen molar-refractivity contribution in [2.75, 3.05) is 27.6 Å². The van der Waals surface area contributed by atoms with Gasteiger partial charge >= 0.3 is 0 Å². The number of halogens is 1. The number of carbonyl (C=O) groups is 3. The zero-order valence-corrected chi connectivity index (χ0v) is 23.7. The zero-order valence-electron chi connectivity index (χ0n) is 22.9. The largest absolute Gasteiger partial charge is 0.507 e. The summed E-state index contributed by atoms with van der Waals surface area (Å²) in [6.45, 7) is 3.15. The van der Waals surface area contributed by atoms with Crippen molar-refractivity contribution in [1.29, 1.82) is 0 Å². The Labute approximate surface area is 240 Å². The first-order chi connectivity index (χ1) is 19.5. The van der Waals surface area contributed by atoms with Gasteiger partial charge in [0.15, 0.2) is 28.8 Å². The van der Waals surface area contributed by atoms with Crippen LogP contribution in [-0.2, 0) is 9.59 Å². The number of carbonyl (C=O) groups excluding carboxylic acids is 3. The maximum Gasteiger partial charge on any atom is 0.231 e. The van der Waals surface area contributed by atoms with Gasteiger partial charge in [-0.3, -0.25) is 14.4 Å². The van der Waals surface area contributed by atoms with Crippen LogP contribution in [0.15, 0.2) is 35.6 Å². The molecule has 0 bridgehead atoms. The molecule has 12 heteroatoms. The van der Waals surface area contributed by atoms with Crippen LogP contribution in [0.1, 0.15) is 48.5 Å². The van der Waals surface area contributed by atoms with Crippen molar-refractivity contribution in [3.05, 3.63) is 51.7 Å². The quantitative estimate of drug-likeness (QED) is 0.419. The Morgan fingerprint density at radius 2 is 1.88 bits per heavy atom. The van der Waals surface area contributed by atoms with Gasteiger partial charge < -0.3 is 39.2 Å². The Morgan fingerprint density at radius 1 is 1.17 bits per heavy atom. The van der Waals surface area contributed by atoms with E-state index in [0.717, 1.165) is 0 Å². The van der Waals surface area contributed by atoms with Crippen LogP contribution in [0.4, 0.5) is 0 Å². The topological polar surface area (TPSA) is 150 Å². The standard InChI is InChI=1S/C29H30ClNO10/c1-13-7-17(33)23(16(9-22(34)31-11-14(2)32)15-5-6-18-19(8-15)40-12-39-18)27(35)29(13)28(36)24-20(37-3)10-21(38-4)25(30)26(24)41-29/h5-6,8,10,13-14,16,32,35H,7,9,11-12H2,1-4H3,(H,31,34)/t13-,14?,16?,29+/m1/s1. The second-order valence-electron chi connectivity index (χ2n) is 10.3. The maximum absolute atomic E-state index is 14.1. The number of nitrogens with one attached hydrogen (secondary N) is 1. The SMILES string of the molecule is COc1cc(OC)c2c(c1Cl)O[C@]1(C2=O)C(O)=C(C(CC(=O)NCC(C)O)c2ccc3c(c2)OCO3)C(=O)C[C@H]1C. The molecule has 4 atom stereocenters. The molecule has 5 rings (SSSR count). The molecule has 0 saturated heterocycles. The molecule has 2 unspecified atom stereocenters. The molecule has 11 nitrogen and oxygen atoms in total. The lowest BCUT2D eigenvalue weighted by atomic mass is 9.69. The first kappa shape index (κ1) is 28.6. The normalized spacial score (nSPS) is 22.3. The van der Waals surface area contributed by atoms with Gasteiger partial charge in [0.05, 0.1) is 20.3 Å². The molecule has 1 spiro atoms. The van der Waals surface area contributed by atoms with E-state index < -0.39 is 46.8 Å². The lowest BCUT2D eigenvalue weighted by Crippen LogP contribution is -2.53. The summed E-state index contributed by atoms with van der Waals surface area (Å²) < 4.78 is 27.9. The van der Waals surface area contributed by atoms with Gasteiger partial charge in [0.2, 0.25) is 24.1 Å². The molecule has 0 aromatic heterocycles. The van der Waals surface area contributed by atoms with Crippen LogP contribution in [0.5, 0.6) is 28.7 Å². The molecule has 1 amide bonds. The number of amides is 1. The predicted molar refractivity (Wildman–Crippen MR) is 145 cm³/mol. The number of allylic oxidation sites excluding steroid dienone is 1. The van der Waals surface area contributed by atoms with Crippen molar-refractivity contribution >= 4 is 29.1 Å². The number of hydrogen-bond donors (Lipinski definition) is 3. The Morgan fingerprint density at radius 3 is 2.56 bits per heavy atom. The highest BCUT2D eigenvalue weighted by Crippen LogP contribution is 2.56. The molecule has 0 saturated carbocycles. The van der Waals surface area contributed by atoms with Crippen LogP contribution in [0.2, 0.25) is 5.02 Å². The number of ketones is 2. The number of hydrogen-bond acceptors (Lipinski definition) is 10. The minimum absolute atomic E-state index is 0.0102. The highest BCUT2D eigenvalue weighted by molar-refractivity contribution is 6.35. The van der Waals surface area contributed by atoms with Crippen molar-refractivity contribution in [3.8, 4) is 28.7 Å². The van der Waals surface area contributed by atoms with Crippen molar-refractivity contribution in [1.82, 2.24) is 5.32 Å². The number of Topliss-reactive ketones (excluding diaryl/α,β-unsaturated/α-hetero) is 2. The molecule has 3 aliphatic rings. The van der Waals surface area contributed by atoms with Crippen LogP contribution in [0.3, 0.4) is 0 Å². The van der Waals surface area contributed by atoms with Crippen LogP contribution in [-0.4, -0.2) is 66.9 Å². The van der Waals surface area contributed by atoms with E-state index in [0.29, 0.717) is 17.1 Å². The van der Waals surface area contributed by atoms with Crippen molar-refractivity contribution < 1.29 is 48.3 Å². The van der Waals surface area contributed by atoms with E-state index in [9.17, 15) is 24.6 Å². The Kier molecular flexibility index (Phi) is 7.52. The number of benzene rings is 2. The van der Waals surface area contributed by atoms with E-state index >= 15 is 0 Å². The lowest BCUT2D eigenvalue weighted by molar-refractivity contribution is -0.122. The summed E-state index contributed by atoms with van der Waals surface area (Å²) >= 11 is 6.53.